The lowest BCUT2D eigenvalue weighted by atomic mass is 9.86. The second-order valence-corrected chi connectivity index (χ2v) is 7.30. The fraction of sp³-hybridized carbons (Fsp3) is 0.278. The topological polar surface area (TPSA) is 17.1 Å². The molecule has 0 atom stereocenters. The van der Waals surface area contributed by atoms with Gasteiger partial charge in [0, 0.05) is 15.6 Å². The number of Topliss-reactive ketones (excluding diaryl/α,β-unsaturated/α-hetero) is 1. The number of carbonyl (C=O) groups is 1. The van der Waals surface area contributed by atoms with Crippen LogP contribution < -0.4 is 0 Å². The Balaban J connectivity index is 2.12. The molecule has 0 N–H and O–H groups in total. The summed E-state index contributed by atoms with van der Waals surface area (Å²) in [7, 11) is 0. The molecule has 104 valence electrons. The first kappa shape index (κ1) is 15.2. The van der Waals surface area contributed by atoms with Gasteiger partial charge in [0.2, 0.25) is 0 Å². The zero-order chi connectivity index (χ0) is 14.8. The zero-order valence-corrected chi connectivity index (χ0v) is 14.3. The summed E-state index contributed by atoms with van der Waals surface area (Å²) in [6, 6.07) is 16.1. The van der Waals surface area contributed by atoms with Gasteiger partial charge >= 0.3 is 0 Å². The molecule has 1 nitrogen and oxygen atoms in total. The number of benzene rings is 2. The second-order valence-electron chi connectivity index (χ2n) is 6.06. The van der Waals surface area contributed by atoms with E-state index in [1.54, 1.807) is 0 Å². The summed E-state index contributed by atoms with van der Waals surface area (Å²) >= 11 is 2.23. The van der Waals surface area contributed by atoms with Crippen LogP contribution >= 0.6 is 22.6 Å². The van der Waals surface area contributed by atoms with E-state index in [1.807, 2.05) is 24.3 Å². The van der Waals surface area contributed by atoms with Crippen molar-refractivity contribution in [3.63, 3.8) is 0 Å². The van der Waals surface area contributed by atoms with Gasteiger partial charge in [0.15, 0.2) is 5.78 Å². The number of hydrogen-bond donors (Lipinski definition) is 0. The van der Waals surface area contributed by atoms with Crippen molar-refractivity contribution in [2.24, 2.45) is 0 Å². The standard InChI is InChI=1S/C18H19IO/c1-18(2,3)15-9-7-13(8-10-15)11-17(20)14-5-4-6-16(19)12-14/h4-10,12H,11H2,1-3H3. The highest BCUT2D eigenvalue weighted by Gasteiger charge is 2.13. The summed E-state index contributed by atoms with van der Waals surface area (Å²) in [5.74, 6) is 0.173. The van der Waals surface area contributed by atoms with E-state index in [0.717, 1.165) is 14.7 Å². The first-order valence-corrected chi connectivity index (χ1v) is 7.82. The van der Waals surface area contributed by atoms with E-state index >= 15 is 0 Å². The Kier molecular flexibility index (Phi) is 4.63. The molecular formula is C18H19IO. The van der Waals surface area contributed by atoms with Crippen LogP contribution in [0.15, 0.2) is 48.5 Å². The van der Waals surface area contributed by atoms with Crippen LogP contribution in [0.5, 0.6) is 0 Å². The summed E-state index contributed by atoms with van der Waals surface area (Å²) in [5.41, 5.74) is 3.31. The number of carbonyl (C=O) groups excluding carboxylic acids is 1. The number of rotatable bonds is 3. The van der Waals surface area contributed by atoms with Gasteiger partial charge in [-0.2, -0.15) is 0 Å². The third-order valence-electron chi connectivity index (χ3n) is 3.33. The van der Waals surface area contributed by atoms with Crippen molar-refractivity contribution >= 4 is 28.4 Å². The molecule has 0 saturated heterocycles. The third-order valence-corrected chi connectivity index (χ3v) is 4.00. The fourth-order valence-electron chi connectivity index (χ4n) is 2.07. The third kappa shape index (κ3) is 3.92. The monoisotopic (exact) mass is 378 g/mol. The highest BCUT2D eigenvalue weighted by atomic mass is 127. The summed E-state index contributed by atoms with van der Waals surface area (Å²) in [6.07, 6.45) is 0.463. The molecule has 0 heterocycles. The van der Waals surface area contributed by atoms with Crippen molar-refractivity contribution in [3.05, 3.63) is 68.8 Å². The molecule has 0 aliphatic heterocycles. The average Bonchev–Trinajstić information content (AvgIpc) is 2.38. The van der Waals surface area contributed by atoms with Crippen LogP contribution in [0, 0.1) is 3.57 Å². The molecular weight excluding hydrogens is 359 g/mol. The van der Waals surface area contributed by atoms with Crippen LogP contribution in [0.1, 0.15) is 42.3 Å². The van der Waals surface area contributed by atoms with Crippen LogP contribution in [-0.2, 0) is 11.8 Å². The predicted molar refractivity (Wildman–Crippen MR) is 92.3 cm³/mol. The molecule has 0 aliphatic rings. The van der Waals surface area contributed by atoms with Crippen LogP contribution in [-0.4, -0.2) is 5.78 Å². The number of hydrogen-bond acceptors (Lipinski definition) is 1. The smallest absolute Gasteiger partial charge is 0.167 e. The minimum atomic E-state index is 0.151. The lowest BCUT2D eigenvalue weighted by Crippen LogP contribution is -2.11. The normalized spacial score (nSPS) is 11.4. The molecule has 0 spiro atoms. The first-order chi connectivity index (χ1) is 9.36. The van der Waals surface area contributed by atoms with Crippen molar-refractivity contribution in [1.29, 1.82) is 0 Å². The minimum absolute atomic E-state index is 0.151. The fourth-order valence-corrected chi connectivity index (χ4v) is 2.62. The van der Waals surface area contributed by atoms with E-state index in [1.165, 1.54) is 5.56 Å². The van der Waals surface area contributed by atoms with Crippen LogP contribution in [0.4, 0.5) is 0 Å². The van der Waals surface area contributed by atoms with Gasteiger partial charge in [-0.05, 0) is 51.3 Å². The Hall–Kier alpha value is -1.16. The molecule has 2 aromatic carbocycles. The predicted octanol–water partition coefficient (Wildman–Crippen LogP) is 5.01. The molecule has 0 aliphatic carbocycles. The molecule has 0 saturated carbocycles. The Morgan fingerprint density at radius 1 is 1.05 bits per heavy atom. The summed E-state index contributed by atoms with van der Waals surface area (Å²) in [4.78, 5) is 12.2. The maximum Gasteiger partial charge on any atom is 0.167 e. The van der Waals surface area contributed by atoms with Gasteiger partial charge in [0.05, 0.1) is 0 Å². The van der Waals surface area contributed by atoms with Crippen molar-refractivity contribution in [2.45, 2.75) is 32.6 Å². The molecule has 0 unspecified atom stereocenters. The zero-order valence-electron chi connectivity index (χ0n) is 12.1. The molecule has 20 heavy (non-hydrogen) atoms. The average molecular weight is 378 g/mol. The molecule has 0 aromatic heterocycles. The van der Waals surface area contributed by atoms with Crippen LogP contribution in [0.2, 0.25) is 0 Å². The lowest BCUT2D eigenvalue weighted by molar-refractivity contribution is 0.0993. The SMILES string of the molecule is CC(C)(C)c1ccc(CC(=O)c2cccc(I)c2)cc1. The van der Waals surface area contributed by atoms with Gasteiger partial charge in [-0.3, -0.25) is 4.79 Å². The van der Waals surface area contributed by atoms with Crippen LogP contribution in [0.25, 0.3) is 0 Å². The van der Waals surface area contributed by atoms with E-state index in [0.29, 0.717) is 6.42 Å². The molecule has 0 fully saturated rings. The maximum absolute atomic E-state index is 12.2. The van der Waals surface area contributed by atoms with E-state index in [-0.39, 0.29) is 11.2 Å². The maximum atomic E-state index is 12.2. The van der Waals surface area contributed by atoms with Gasteiger partial charge < -0.3 is 0 Å². The number of halogens is 1. The molecule has 0 amide bonds. The Bertz CT molecular complexity index is 606. The van der Waals surface area contributed by atoms with Crippen LogP contribution in [0.3, 0.4) is 0 Å². The van der Waals surface area contributed by atoms with Crippen molar-refractivity contribution in [3.8, 4) is 0 Å². The van der Waals surface area contributed by atoms with Crippen molar-refractivity contribution in [2.75, 3.05) is 0 Å². The minimum Gasteiger partial charge on any atom is -0.294 e. The number of ketones is 1. The molecule has 2 aromatic rings. The molecule has 2 rings (SSSR count). The van der Waals surface area contributed by atoms with Gasteiger partial charge in [0.1, 0.15) is 0 Å². The highest BCUT2D eigenvalue weighted by molar-refractivity contribution is 14.1. The Morgan fingerprint density at radius 2 is 1.70 bits per heavy atom. The molecule has 0 radical (unpaired) electrons. The van der Waals surface area contributed by atoms with E-state index in [9.17, 15) is 4.79 Å². The quantitative estimate of drug-likeness (QED) is 0.542. The van der Waals surface area contributed by atoms with Crippen molar-refractivity contribution < 1.29 is 4.79 Å². The largest absolute Gasteiger partial charge is 0.294 e. The lowest BCUT2D eigenvalue weighted by Gasteiger charge is -2.19. The van der Waals surface area contributed by atoms with Crippen molar-refractivity contribution in [1.82, 2.24) is 0 Å². The van der Waals surface area contributed by atoms with E-state index in [4.69, 9.17) is 0 Å². The molecule has 2 heteroatoms. The summed E-state index contributed by atoms with van der Waals surface area (Å²) in [5, 5.41) is 0. The summed E-state index contributed by atoms with van der Waals surface area (Å²) in [6.45, 7) is 6.58. The van der Waals surface area contributed by atoms with E-state index in [2.05, 4.69) is 67.6 Å². The second kappa shape index (κ2) is 6.08. The van der Waals surface area contributed by atoms with Gasteiger partial charge in [-0.15, -0.1) is 0 Å². The van der Waals surface area contributed by atoms with Gasteiger partial charge in [0.25, 0.3) is 0 Å². The van der Waals surface area contributed by atoms with Gasteiger partial charge in [-0.1, -0.05) is 57.2 Å². The first-order valence-electron chi connectivity index (χ1n) is 6.74. The Morgan fingerprint density at radius 3 is 2.25 bits per heavy atom. The Labute approximate surface area is 134 Å². The van der Waals surface area contributed by atoms with Gasteiger partial charge in [-0.25, -0.2) is 0 Å². The molecule has 0 bridgehead atoms. The highest BCUT2D eigenvalue weighted by Crippen LogP contribution is 2.22. The van der Waals surface area contributed by atoms with E-state index < -0.39 is 0 Å². The summed E-state index contributed by atoms with van der Waals surface area (Å²) < 4.78 is 1.09.